The smallest absolute Gasteiger partial charge is 0.263 e. The van der Waals surface area contributed by atoms with Gasteiger partial charge in [0.25, 0.3) is 5.91 Å². The van der Waals surface area contributed by atoms with Gasteiger partial charge in [0.15, 0.2) is 6.10 Å². The Labute approximate surface area is 124 Å². The number of nitrogens with one attached hydrogen (secondary N) is 1. The van der Waals surface area contributed by atoms with Gasteiger partial charge in [-0.3, -0.25) is 4.79 Å². The summed E-state index contributed by atoms with van der Waals surface area (Å²) in [6.45, 7) is 5.55. The SMILES string of the molecule is CC(Oc1cccc(Cl)c1)C(=O)N1CC2CNCC2C1. The minimum atomic E-state index is -0.472. The van der Waals surface area contributed by atoms with Gasteiger partial charge in [0.2, 0.25) is 0 Å². The van der Waals surface area contributed by atoms with E-state index in [1.807, 2.05) is 17.0 Å². The summed E-state index contributed by atoms with van der Waals surface area (Å²) in [6, 6.07) is 7.16. The maximum absolute atomic E-state index is 12.4. The second kappa shape index (κ2) is 5.62. The summed E-state index contributed by atoms with van der Waals surface area (Å²) in [7, 11) is 0. The lowest BCUT2D eigenvalue weighted by Gasteiger charge is -2.22. The van der Waals surface area contributed by atoms with Crippen molar-refractivity contribution in [3.8, 4) is 5.75 Å². The molecule has 108 valence electrons. The molecule has 0 bridgehead atoms. The number of hydrogen-bond donors (Lipinski definition) is 1. The number of ether oxygens (including phenoxy) is 1. The molecule has 0 radical (unpaired) electrons. The van der Waals surface area contributed by atoms with Crippen LogP contribution in [0.25, 0.3) is 0 Å². The van der Waals surface area contributed by atoms with Crippen LogP contribution in [0.2, 0.25) is 5.02 Å². The maximum Gasteiger partial charge on any atom is 0.263 e. The molecular weight excluding hydrogens is 276 g/mol. The molecule has 20 heavy (non-hydrogen) atoms. The van der Waals surface area contributed by atoms with Crippen LogP contribution in [0, 0.1) is 11.8 Å². The van der Waals surface area contributed by atoms with E-state index in [4.69, 9.17) is 16.3 Å². The molecule has 3 atom stereocenters. The van der Waals surface area contributed by atoms with Gasteiger partial charge in [-0.25, -0.2) is 0 Å². The van der Waals surface area contributed by atoms with E-state index in [0.717, 1.165) is 26.2 Å². The van der Waals surface area contributed by atoms with Gasteiger partial charge in [0.05, 0.1) is 0 Å². The van der Waals surface area contributed by atoms with Gasteiger partial charge in [-0.05, 0) is 37.0 Å². The van der Waals surface area contributed by atoms with Crippen LogP contribution in [0.5, 0.6) is 5.75 Å². The third kappa shape index (κ3) is 2.76. The van der Waals surface area contributed by atoms with Crippen LogP contribution in [0.4, 0.5) is 0 Å². The van der Waals surface area contributed by atoms with Gasteiger partial charge < -0.3 is 15.0 Å². The fourth-order valence-corrected chi connectivity index (χ4v) is 3.27. The van der Waals surface area contributed by atoms with E-state index in [9.17, 15) is 4.79 Å². The van der Waals surface area contributed by atoms with Crippen molar-refractivity contribution in [3.63, 3.8) is 0 Å². The minimum absolute atomic E-state index is 0.0689. The molecule has 5 heteroatoms. The monoisotopic (exact) mass is 294 g/mol. The van der Waals surface area contributed by atoms with E-state index in [-0.39, 0.29) is 5.91 Å². The highest BCUT2D eigenvalue weighted by molar-refractivity contribution is 6.30. The lowest BCUT2D eigenvalue weighted by Crippen LogP contribution is -2.40. The van der Waals surface area contributed by atoms with Gasteiger partial charge in [-0.2, -0.15) is 0 Å². The molecule has 0 spiro atoms. The summed E-state index contributed by atoms with van der Waals surface area (Å²) < 4.78 is 5.70. The molecule has 1 amide bonds. The van der Waals surface area contributed by atoms with Gasteiger partial charge >= 0.3 is 0 Å². The Kier molecular flexibility index (Phi) is 3.85. The van der Waals surface area contributed by atoms with Gasteiger partial charge in [0.1, 0.15) is 5.75 Å². The molecule has 0 aromatic heterocycles. The molecular formula is C15H19ClN2O2. The fourth-order valence-electron chi connectivity index (χ4n) is 3.09. The fraction of sp³-hybridized carbons (Fsp3) is 0.533. The number of rotatable bonds is 3. The quantitative estimate of drug-likeness (QED) is 0.924. The van der Waals surface area contributed by atoms with Crippen molar-refractivity contribution in [1.82, 2.24) is 10.2 Å². The number of amides is 1. The Morgan fingerprint density at radius 3 is 2.75 bits per heavy atom. The summed E-state index contributed by atoms with van der Waals surface area (Å²) in [4.78, 5) is 14.3. The predicted molar refractivity (Wildman–Crippen MR) is 78.0 cm³/mol. The molecule has 0 saturated carbocycles. The van der Waals surface area contributed by atoms with Crippen LogP contribution in [-0.2, 0) is 4.79 Å². The van der Waals surface area contributed by atoms with Crippen molar-refractivity contribution in [1.29, 1.82) is 0 Å². The van der Waals surface area contributed by atoms with E-state index in [1.54, 1.807) is 19.1 Å². The molecule has 3 unspecified atom stereocenters. The second-order valence-corrected chi connectivity index (χ2v) is 6.08. The molecule has 3 rings (SSSR count). The highest BCUT2D eigenvalue weighted by Gasteiger charge is 2.39. The molecule has 2 aliphatic rings. The number of hydrogen-bond acceptors (Lipinski definition) is 3. The van der Waals surface area contributed by atoms with Crippen molar-refractivity contribution < 1.29 is 9.53 Å². The molecule has 2 heterocycles. The van der Waals surface area contributed by atoms with Crippen LogP contribution in [-0.4, -0.2) is 43.1 Å². The third-order valence-corrected chi connectivity index (χ3v) is 4.39. The molecule has 0 aliphatic carbocycles. The van der Waals surface area contributed by atoms with Crippen LogP contribution in [0.15, 0.2) is 24.3 Å². The normalized spacial score (nSPS) is 26.4. The van der Waals surface area contributed by atoms with Crippen molar-refractivity contribution in [2.45, 2.75) is 13.0 Å². The molecule has 2 saturated heterocycles. The summed E-state index contributed by atoms with van der Waals surface area (Å²) in [5, 5.41) is 3.99. The topological polar surface area (TPSA) is 41.6 Å². The first-order valence-electron chi connectivity index (χ1n) is 7.05. The number of fused-ring (bicyclic) bond motifs is 1. The number of carbonyl (C=O) groups is 1. The Balaban J connectivity index is 1.60. The molecule has 4 nitrogen and oxygen atoms in total. The Bertz CT molecular complexity index is 496. The number of carbonyl (C=O) groups excluding carboxylic acids is 1. The van der Waals surface area contributed by atoms with Gasteiger partial charge in [-0.15, -0.1) is 0 Å². The maximum atomic E-state index is 12.4. The minimum Gasteiger partial charge on any atom is -0.481 e. The van der Waals surface area contributed by atoms with E-state index in [0.29, 0.717) is 22.6 Å². The lowest BCUT2D eigenvalue weighted by molar-refractivity contribution is -0.137. The first-order chi connectivity index (χ1) is 9.63. The van der Waals surface area contributed by atoms with Crippen molar-refractivity contribution in [2.75, 3.05) is 26.2 Å². The molecule has 2 fully saturated rings. The van der Waals surface area contributed by atoms with Crippen molar-refractivity contribution >= 4 is 17.5 Å². The Hall–Kier alpha value is -1.26. The number of halogens is 1. The van der Waals surface area contributed by atoms with E-state index in [2.05, 4.69) is 5.32 Å². The van der Waals surface area contributed by atoms with Crippen LogP contribution in [0.1, 0.15) is 6.92 Å². The highest BCUT2D eigenvalue weighted by atomic mass is 35.5. The molecule has 1 N–H and O–H groups in total. The lowest BCUT2D eigenvalue weighted by atomic mass is 10.0. The second-order valence-electron chi connectivity index (χ2n) is 5.64. The first-order valence-corrected chi connectivity index (χ1v) is 7.43. The average Bonchev–Trinajstić information content (AvgIpc) is 2.98. The Morgan fingerprint density at radius 1 is 1.40 bits per heavy atom. The van der Waals surface area contributed by atoms with Gasteiger partial charge in [0, 0.05) is 31.2 Å². The molecule has 2 aliphatic heterocycles. The zero-order chi connectivity index (χ0) is 14.1. The zero-order valence-corrected chi connectivity index (χ0v) is 12.3. The number of nitrogens with zero attached hydrogens (tertiary/aromatic N) is 1. The predicted octanol–water partition coefficient (Wildman–Crippen LogP) is 1.79. The van der Waals surface area contributed by atoms with Crippen molar-refractivity contribution in [2.24, 2.45) is 11.8 Å². The van der Waals surface area contributed by atoms with Gasteiger partial charge in [-0.1, -0.05) is 17.7 Å². The Morgan fingerprint density at radius 2 is 2.10 bits per heavy atom. The van der Waals surface area contributed by atoms with E-state index in [1.165, 1.54) is 0 Å². The number of benzene rings is 1. The zero-order valence-electron chi connectivity index (χ0n) is 11.5. The first kappa shape index (κ1) is 13.7. The van der Waals surface area contributed by atoms with Crippen molar-refractivity contribution in [3.05, 3.63) is 29.3 Å². The largest absolute Gasteiger partial charge is 0.481 e. The highest BCUT2D eigenvalue weighted by Crippen LogP contribution is 2.27. The molecule has 1 aromatic carbocycles. The van der Waals surface area contributed by atoms with E-state index < -0.39 is 6.10 Å². The van der Waals surface area contributed by atoms with E-state index >= 15 is 0 Å². The summed E-state index contributed by atoms with van der Waals surface area (Å²) in [5.74, 6) is 1.92. The summed E-state index contributed by atoms with van der Waals surface area (Å²) in [6.07, 6.45) is -0.472. The summed E-state index contributed by atoms with van der Waals surface area (Å²) >= 11 is 5.92. The molecule has 1 aromatic rings. The standard InChI is InChI=1S/C15H19ClN2O2/c1-10(20-14-4-2-3-13(16)5-14)15(19)18-8-11-6-17-7-12(11)9-18/h2-5,10-12,17H,6-9H2,1H3. The average molecular weight is 295 g/mol. The third-order valence-electron chi connectivity index (χ3n) is 4.16. The van der Waals surface area contributed by atoms with Crippen LogP contribution in [0.3, 0.4) is 0 Å². The van der Waals surface area contributed by atoms with Crippen LogP contribution >= 0.6 is 11.6 Å². The summed E-state index contributed by atoms with van der Waals surface area (Å²) in [5.41, 5.74) is 0. The van der Waals surface area contributed by atoms with Crippen LogP contribution < -0.4 is 10.1 Å². The number of likely N-dealkylation sites (tertiary alicyclic amines) is 1.